The van der Waals surface area contributed by atoms with Crippen molar-refractivity contribution in [3.63, 3.8) is 0 Å². The third-order valence-electron chi connectivity index (χ3n) is 1.88. The highest BCUT2D eigenvalue weighted by atomic mass is 19.3. The maximum absolute atomic E-state index is 12.2. The number of nitrogens with two attached hydrogens (primary N) is 1. The van der Waals surface area contributed by atoms with Crippen LogP contribution in [0.4, 0.5) is 8.78 Å². The van der Waals surface area contributed by atoms with Gasteiger partial charge in [-0.25, -0.2) is 4.98 Å². The molecule has 0 aliphatic heterocycles. The van der Waals surface area contributed by atoms with Crippen LogP contribution >= 0.6 is 0 Å². The second-order valence-corrected chi connectivity index (χ2v) is 2.90. The number of hydrogen-bond acceptors (Lipinski definition) is 3. The minimum Gasteiger partial charge on any atom is -0.435 e. The van der Waals surface area contributed by atoms with Crippen molar-refractivity contribution in [3.8, 4) is 0 Å². The molecule has 0 atom stereocenters. The molecule has 78 valence electrons. The molecule has 2 aromatic rings. The van der Waals surface area contributed by atoms with Crippen LogP contribution in [0.2, 0.25) is 0 Å². The number of oxazole rings is 1. The molecule has 2 rings (SSSR count). The fourth-order valence-electron chi connectivity index (χ4n) is 1.19. The number of halogens is 2. The quantitative estimate of drug-likeness (QED) is 0.825. The van der Waals surface area contributed by atoms with Crippen molar-refractivity contribution in [1.82, 2.24) is 4.98 Å². The topological polar surface area (TPSA) is 69.1 Å². The fraction of sp³-hybridized carbons (Fsp3) is 0.111. The molecule has 4 nitrogen and oxygen atoms in total. The minimum absolute atomic E-state index is 0.126. The minimum atomic E-state index is -2.77. The molecule has 0 radical (unpaired) electrons. The summed E-state index contributed by atoms with van der Waals surface area (Å²) in [7, 11) is 0. The summed E-state index contributed by atoms with van der Waals surface area (Å²) < 4.78 is 29.2. The second kappa shape index (κ2) is 3.30. The van der Waals surface area contributed by atoms with Gasteiger partial charge in [0.15, 0.2) is 5.58 Å². The van der Waals surface area contributed by atoms with E-state index in [1.165, 1.54) is 18.2 Å². The summed E-state index contributed by atoms with van der Waals surface area (Å²) >= 11 is 0. The molecule has 0 fully saturated rings. The van der Waals surface area contributed by atoms with Crippen molar-refractivity contribution in [1.29, 1.82) is 0 Å². The summed E-state index contributed by atoms with van der Waals surface area (Å²) in [5.41, 5.74) is 5.62. The smallest absolute Gasteiger partial charge is 0.313 e. The molecule has 0 unspecified atom stereocenters. The lowest BCUT2D eigenvalue weighted by Crippen LogP contribution is -2.10. The Hall–Kier alpha value is -1.98. The van der Waals surface area contributed by atoms with E-state index in [1.54, 1.807) is 0 Å². The number of carbonyl (C=O) groups is 1. The van der Waals surface area contributed by atoms with E-state index in [-0.39, 0.29) is 16.7 Å². The lowest BCUT2D eigenvalue weighted by Gasteiger charge is -1.92. The van der Waals surface area contributed by atoms with Crippen LogP contribution in [-0.4, -0.2) is 10.9 Å². The molecule has 0 aliphatic carbocycles. The molecular weight excluding hydrogens is 206 g/mol. The van der Waals surface area contributed by atoms with Gasteiger partial charge in [0.25, 0.3) is 5.89 Å². The van der Waals surface area contributed by atoms with E-state index in [0.29, 0.717) is 0 Å². The van der Waals surface area contributed by atoms with E-state index in [1.807, 2.05) is 0 Å². The molecule has 0 bridgehead atoms. The zero-order valence-corrected chi connectivity index (χ0v) is 7.41. The van der Waals surface area contributed by atoms with E-state index < -0.39 is 18.2 Å². The lowest BCUT2D eigenvalue weighted by atomic mass is 10.2. The fourth-order valence-corrected chi connectivity index (χ4v) is 1.19. The summed E-state index contributed by atoms with van der Waals surface area (Å²) in [6.45, 7) is 0. The standard InChI is InChI=1S/C9H6F2N2O2/c10-7(11)9-13-5-2-1-4(8(12)14)3-6(5)15-9/h1-3,7H,(H2,12,14). The van der Waals surface area contributed by atoms with Gasteiger partial charge in [-0.05, 0) is 18.2 Å². The van der Waals surface area contributed by atoms with E-state index in [4.69, 9.17) is 10.2 Å². The van der Waals surface area contributed by atoms with Gasteiger partial charge in [0.1, 0.15) is 5.52 Å². The molecule has 2 N–H and O–H groups in total. The van der Waals surface area contributed by atoms with Gasteiger partial charge in [0, 0.05) is 5.56 Å². The Morgan fingerprint density at radius 3 is 2.80 bits per heavy atom. The Kier molecular flexibility index (Phi) is 2.11. The van der Waals surface area contributed by atoms with E-state index >= 15 is 0 Å². The first-order chi connectivity index (χ1) is 7.08. The third kappa shape index (κ3) is 1.65. The first-order valence-electron chi connectivity index (χ1n) is 4.06. The van der Waals surface area contributed by atoms with Crippen molar-refractivity contribution in [2.45, 2.75) is 6.43 Å². The van der Waals surface area contributed by atoms with Crippen molar-refractivity contribution in [2.75, 3.05) is 0 Å². The Bertz CT molecular complexity index is 522. The van der Waals surface area contributed by atoms with Crippen molar-refractivity contribution in [2.24, 2.45) is 5.73 Å². The Morgan fingerprint density at radius 1 is 1.47 bits per heavy atom. The average Bonchev–Trinajstić information content (AvgIpc) is 2.59. The predicted molar refractivity (Wildman–Crippen MR) is 47.5 cm³/mol. The average molecular weight is 212 g/mol. The summed E-state index contributed by atoms with van der Waals surface area (Å²) in [6, 6.07) is 4.10. The normalized spacial score (nSPS) is 11.1. The van der Waals surface area contributed by atoms with Crippen molar-refractivity contribution in [3.05, 3.63) is 29.7 Å². The molecule has 6 heteroatoms. The third-order valence-corrected chi connectivity index (χ3v) is 1.88. The number of nitrogens with zero attached hydrogens (tertiary/aromatic N) is 1. The first kappa shape index (κ1) is 9.57. The maximum Gasteiger partial charge on any atom is 0.313 e. The van der Waals surface area contributed by atoms with Crippen LogP contribution in [-0.2, 0) is 0 Å². The van der Waals surface area contributed by atoms with Gasteiger partial charge in [-0.2, -0.15) is 8.78 Å². The zero-order valence-electron chi connectivity index (χ0n) is 7.41. The van der Waals surface area contributed by atoms with Gasteiger partial charge in [-0.15, -0.1) is 0 Å². The summed E-state index contributed by atoms with van der Waals surface area (Å²) in [5.74, 6) is -1.31. The molecule has 0 saturated heterocycles. The number of benzene rings is 1. The number of aromatic nitrogens is 1. The maximum atomic E-state index is 12.2. The van der Waals surface area contributed by atoms with Crippen LogP contribution in [0.25, 0.3) is 11.1 Å². The monoisotopic (exact) mass is 212 g/mol. The van der Waals surface area contributed by atoms with Crippen LogP contribution in [0.5, 0.6) is 0 Å². The molecule has 0 saturated carbocycles. The van der Waals surface area contributed by atoms with Crippen LogP contribution in [0.1, 0.15) is 22.7 Å². The van der Waals surface area contributed by atoms with Crippen molar-refractivity contribution < 1.29 is 18.0 Å². The molecule has 15 heavy (non-hydrogen) atoms. The summed E-state index contributed by atoms with van der Waals surface area (Å²) in [4.78, 5) is 14.3. The summed E-state index contributed by atoms with van der Waals surface area (Å²) in [6.07, 6.45) is -2.77. The van der Waals surface area contributed by atoms with Gasteiger partial charge in [0.2, 0.25) is 5.91 Å². The number of amides is 1. The lowest BCUT2D eigenvalue weighted by molar-refractivity contribution is 0.100. The van der Waals surface area contributed by atoms with Crippen LogP contribution in [0.3, 0.4) is 0 Å². The number of alkyl halides is 2. The van der Waals surface area contributed by atoms with Crippen LogP contribution in [0, 0.1) is 0 Å². The number of carbonyl (C=O) groups excluding carboxylic acids is 1. The van der Waals surface area contributed by atoms with Crippen LogP contribution < -0.4 is 5.73 Å². The Balaban J connectivity index is 2.57. The number of fused-ring (bicyclic) bond motifs is 1. The molecule has 1 aromatic carbocycles. The van der Waals surface area contributed by atoms with Gasteiger partial charge >= 0.3 is 6.43 Å². The Labute approximate surface area is 82.7 Å². The highest BCUT2D eigenvalue weighted by Crippen LogP contribution is 2.23. The molecule has 0 spiro atoms. The highest BCUT2D eigenvalue weighted by molar-refractivity contribution is 5.95. The molecule has 1 heterocycles. The number of primary amides is 1. The molecule has 1 aromatic heterocycles. The van der Waals surface area contributed by atoms with Gasteiger partial charge in [-0.1, -0.05) is 0 Å². The SMILES string of the molecule is NC(=O)c1ccc2nc(C(F)F)oc2c1. The molecule has 1 amide bonds. The zero-order chi connectivity index (χ0) is 11.0. The molecular formula is C9H6F2N2O2. The van der Waals surface area contributed by atoms with Gasteiger partial charge in [0.05, 0.1) is 0 Å². The second-order valence-electron chi connectivity index (χ2n) is 2.90. The van der Waals surface area contributed by atoms with Crippen molar-refractivity contribution >= 4 is 17.0 Å². The Morgan fingerprint density at radius 2 is 2.20 bits per heavy atom. The number of rotatable bonds is 2. The molecule has 0 aliphatic rings. The van der Waals surface area contributed by atoms with Gasteiger partial charge < -0.3 is 10.2 Å². The number of hydrogen-bond donors (Lipinski definition) is 1. The van der Waals surface area contributed by atoms with Gasteiger partial charge in [-0.3, -0.25) is 4.79 Å². The van der Waals surface area contributed by atoms with E-state index in [2.05, 4.69) is 4.98 Å². The predicted octanol–water partition coefficient (Wildman–Crippen LogP) is 1.86. The summed E-state index contributed by atoms with van der Waals surface area (Å²) in [5, 5.41) is 0. The first-order valence-corrected chi connectivity index (χ1v) is 4.06. The highest BCUT2D eigenvalue weighted by Gasteiger charge is 2.16. The van der Waals surface area contributed by atoms with Crippen LogP contribution in [0.15, 0.2) is 22.6 Å². The largest absolute Gasteiger partial charge is 0.435 e. The van der Waals surface area contributed by atoms with E-state index in [9.17, 15) is 13.6 Å². The van der Waals surface area contributed by atoms with E-state index in [0.717, 1.165) is 0 Å².